The van der Waals surface area contributed by atoms with Crippen molar-refractivity contribution in [2.45, 2.75) is 77.7 Å². The van der Waals surface area contributed by atoms with Crippen molar-refractivity contribution in [2.24, 2.45) is 0 Å². The lowest BCUT2D eigenvalue weighted by molar-refractivity contribution is -0.143. The van der Waals surface area contributed by atoms with E-state index >= 15 is 0 Å². The number of carbonyl (C=O) groups is 2. The predicted molar refractivity (Wildman–Crippen MR) is 115 cm³/mol. The summed E-state index contributed by atoms with van der Waals surface area (Å²) in [5.74, 6) is -2.54. The summed E-state index contributed by atoms with van der Waals surface area (Å²) in [6.45, 7) is 9.96. The highest BCUT2D eigenvalue weighted by molar-refractivity contribution is 7.54. The van der Waals surface area contributed by atoms with Crippen LogP contribution in [-0.4, -0.2) is 47.4 Å². The van der Waals surface area contributed by atoms with Crippen LogP contribution in [-0.2, 0) is 34.5 Å². The van der Waals surface area contributed by atoms with Crippen molar-refractivity contribution in [3.63, 3.8) is 0 Å². The lowest BCUT2D eigenvalue weighted by Crippen LogP contribution is -2.44. The van der Waals surface area contributed by atoms with E-state index < -0.39 is 49.2 Å². The zero-order valence-corrected chi connectivity index (χ0v) is 20.1. The predicted octanol–water partition coefficient (Wildman–Crippen LogP) is 3.99. The van der Waals surface area contributed by atoms with Crippen LogP contribution in [0, 0.1) is 0 Å². The van der Waals surface area contributed by atoms with Gasteiger partial charge in [0.25, 0.3) is 0 Å². The Bertz CT molecular complexity index is 750. The fraction of sp³-hybridized carbons (Fsp3) is 0.619. The average Bonchev–Trinajstić information content (AvgIpc) is 2.62. The molecule has 2 unspecified atom stereocenters. The molecule has 1 amide bonds. The van der Waals surface area contributed by atoms with Crippen LogP contribution >= 0.6 is 7.60 Å². The summed E-state index contributed by atoms with van der Waals surface area (Å²) < 4.78 is 34.4. The number of hydrogen-bond acceptors (Lipinski definition) is 8. The first-order chi connectivity index (χ1) is 14.1. The van der Waals surface area contributed by atoms with Gasteiger partial charge in [0, 0.05) is 6.42 Å². The van der Waals surface area contributed by atoms with Gasteiger partial charge >= 0.3 is 19.7 Å². The van der Waals surface area contributed by atoms with E-state index in [1.54, 1.807) is 65.8 Å². The number of nitrogens with one attached hydrogen (secondary N) is 1. The second-order valence-corrected chi connectivity index (χ2v) is 11.0. The van der Waals surface area contributed by atoms with Gasteiger partial charge in [0.05, 0.1) is 18.3 Å². The molecule has 0 saturated carbocycles. The molecule has 2 atom stereocenters. The van der Waals surface area contributed by atoms with Crippen LogP contribution in [0.15, 0.2) is 30.3 Å². The van der Waals surface area contributed by atoms with Crippen molar-refractivity contribution in [1.29, 1.82) is 0 Å². The molecule has 31 heavy (non-hydrogen) atoms. The van der Waals surface area contributed by atoms with E-state index in [1.165, 1.54) is 0 Å². The Hall–Kier alpha value is -1.93. The molecule has 0 aliphatic heterocycles. The Kier molecular flexibility index (Phi) is 9.69. The van der Waals surface area contributed by atoms with Crippen LogP contribution in [0.2, 0.25) is 0 Å². The third-order valence-electron chi connectivity index (χ3n) is 3.60. The van der Waals surface area contributed by atoms with E-state index in [4.69, 9.17) is 18.5 Å². The summed E-state index contributed by atoms with van der Waals surface area (Å²) in [5, 5.41) is 13.1. The van der Waals surface area contributed by atoms with Crippen molar-refractivity contribution < 1.29 is 37.8 Å². The fourth-order valence-corrected chi connectivity index (χ4v) is 4.78. The van der Waals surface area contributed by atoms with Crippen molar-refractivity contribution in [3.8, 4) is 0 Å². The third-order valence-corrected chi connectivity index (χ3v) is 6.15. The summed E-state index contributed by atoms with van der Waals surface area (Å²) in [4.78, 5) is 24.4. The summed E-state index contributed by atoms with van der Waals surface area (Å²) in [6.07, 6.45) is -1.36. The third kappa shape index (κ3) is 10.3. The second-order valence-electron chi connectivity index (χ2n) is 8.95. The minimum atomic E-state index is -4.11. The zero-order chi connectivity index (χ0) is 23.9. The van der Waals surface area contributed by atoms with Gasteiger partial charge < -0.3 is 28.9 Å². The summed E-state index contributed by atoms with van der Waals surface area (Å²) in [7, 11) is -2.97. The molecule has 0 fully saturated rings. The number of carbonyl (C=O) groups excluding carboxylic acids is 2. The van der Waals surface area contributed by atoms with Gasteiger partial charge in [-0.25, -0.2) is 9.59 Å². The molecule has 0 bridgehead atoms. The molecule has 0 saturated heterocycles. The quantitative estimate of drug-likeness (QED) is 0.420. The molecule has 176 valence electrons. The fourth-order valence-electron chi connectivity index (χ4n) is 2.51. The van der Waals surface area contributed by atoms with Crippen LogP contribution < -0.4 is 5.32 Å². The Morgan fingerprint density at radius 3 is 2.00 bits per heavy atom. The van der Waals surface area contributed by atoms with Crippen LogP contribution in [0.25, 0.3) is 0 Å². The van der Waals surface area contributed by atoms with Gasteiger partial charge in [-0.3, -0.25) is 4.57 Å². The van der Waals surface area contributed by atoms with E-state index in [0.717, 1.165) is 12.7 Å². The molecule has 0 aliphatic rings. The number of amides is 1. The number of alkyl carbamates (subject to hydrolysis) is 1. The summed E-state index contributed by atoms with van der Waals surface area (Å²) in [6, 6.07) is 7.65. The van der Waals surface area contributed by atoms with Crippen molar-refractivity contribution in [3.05, 3.63) is 35.9 Å². The summed E-state index contributed by atoms with van der Waals surface area (Å²) in [5.41, 5.74) is -1.04. The molecule has 0 radical (unpaired) electrons. The van der Waals surface area contributed by atoms with E-state index in [0.29, 0.717) is 0 Å². The van der Waals surface area contributed by atoms with Gasteiger partial charge in [-0.05, 0) is 47.1 Å². The Balaban J connectivity index is 2.93. The maximum Gasteiger partial charge on any atom is 0.408 e. The van der Waals surface area contributed by atoms with E-state index in [9.17, 15) is 19.3 Å². The number of aliphatic hydroxyl groups is 1. The molecule has 0 heterocycles. The Morgan fingerprint density at radius 2 is 1.55 bits per heavy atom. The molecule has 0 aliphatic carbocycles. The monoisotopic (exact) mass is 459 g/mol. The normalized spacial score (nSPS) is 14.5. The minimum Gasteiger partial charge on any atom is -0.467 e. The first-order valence-electron chi connectivity index (χ1n) is 9.89. The molecule has 1 aromatic carbocycles. The number of ether oxygens (including phenoxy) is 2. The van der Waals surface area contributed by atoms with Gasteiger partial charge in [0.2, 0.25) is 0 Å². The number of hydrogen-bond donors (Lipinski definition) is 2. The molecule has 10 heteroatoms. The molecule has 1 rings (SSSR count). The molecule has 9 nitrogen and oxygen atoms in total. The zero-order valence-electron chi connectivity index (χ0n) is 19.2. The largest absolute Gasteiger partial charge is 0.467 e. The second kappa shape index (κ2) is 11.1. The van der Waals surface area contributed by atoms with Gasteiger partial charge in [0.1, 0.15) is 12.6 Å². The highest BCUT2D eigenvalue weighted by atomic mass is 31.2. The highest BCUT2D eigenvalue weighted by Crippen LogP contribution is 2.58. The van der Waals surface area contributed by atoms with Crippen LogP contribution in [0.3, 0.4) is 0 Å². The highest BCUT2D eigenvalue weighted by Gasteiger charge is 2.44. The van der Waals surface area contributed by atoms with Crippen molar-refractivity contribution in [2.75, 3.05) is 7.11 Å². The standard InChI is InChI=1S/C21H34NO8P/c1-20(2,3)29-31(26,30-21(4,5)6)17(23)13-16(18(24)27-7)22-19(25)28-14-15-11-9-8-10-12-15/h8-12,16-17,23H,13-14H2,1-7H3,(H,22,25). The lowest BCUT2D eigenvalue weighted by atomic mass is 10.2. The first kappa shape index (κ1) is 27.1. The van der Waals surface area contributed by atoms with Gasteiger partial charge in [-0.2, -0.15) is 0 Å². The molecule has 2 N–H and O–H groups in total. The lowest BCUT2D eigenvalue weighted by Gasteiger charge is -2.35. The first-order valence-corrected chi connectivity index (χ1v) is 11.5. The van der Waals surface area contributed by atoms with Crippen LogP contribution in [0.1, 0.15) is 53.5 Å². The molecular formula is C21H34NO8P. The van der Waals surface area contributed by atoms with Crippen molar-refractivity contribution >= 4 is 19.7 Å². The van der Waals surface area contributed by atoms with Crippen LogP contribution in [0.5, 0.6) is 0 Å². The number of aliphatic hydroxyl groups excluding tert-OH is 1. The van der Waals surface area contributed by atoms with E-state index in [1.807, 2.05) is 6.07 Å². The van der Waals surface area contributed by atoms with E-state index in [-0.39, 0.29) is 6.61 Å². The number of esters is 1. The minimum absolute atomic E-state index is 0.0120. The molecule has 1 aromatic rings. The van der Waals surface area contributed by atoms with Gasteiger partial charge in [0.15, 0.2) is 5.85 Å². The van der Waals surface area contributed by atoms with Gasteiger partial charge in [-0.15, -0.1) is 0 Å². The summed E-state index contributed by atoms with van der Waals surface area (Å²) >= 11 is 0. The Labute approximate surface area is 183 Å². The maximum absolute atomic E-state index is 13.4. The molecular weight excluding hydrogens is 425 g/mol. The SMILES string of the molecule is COC(=O)C(CC(O)P(=O)(OC(C)(C)C)OC(C)(C)C)NC(=O)OCc1ccccc1. The topological polar surface area (TPSA) is 120 Å². The average molecular weight is 459 g/mol. The molecule has 0 spiro atoms. The van der Waals surface area contributed by atoms with Gasteiger partial charge in [-0.1, -0.05) is 30.3 Å². The van der Waals surface area contributed by atoms with E-state index in [2.05, 4.69) is 5.32 Å². The molecule has 0 aromatic heterocycles. The maximum atomic E-state index is 13.4. The van der Waals surface area contributed by atoms with Crippen molar-refractivity contribution in [1.82, 2.24) is 5.32 Å². The van der Waals surface area contributed by atoms with Crippen LogP contribution in [0.4, 0.5) is 4.79 Å². The number of benzene rings is 1. The Morgan fingerprint density at radius 1 is 1.03 bits per heavy atom. The smallest absolute Gasteiger partial charge is 0.408 e. The number of rotatable bonds is 9. The number of methoxy groups -OCH3 is 1.